The third-order valence-electron chi connectivity index (χ3n) is 6.09. The van der Waals surface area contributed by atoms with Crippen LogP contribution in [0.3, 0.4) is 0 Å². The van der Waals surface area contributed by atoms with Gasteiger partial charge in [-0.05, 0) is 68.3 Å². The molecule has 0 spiro atoms. The molecule has 2 unspecified atom stereocenters. The summed E-state index contributed by atoms with van der Waals surface area (Å²) in [5, 5.41) is 3.90. The SMILES string of the molecule is CCCC1CCOc2c(C(=O)NC3CN4CCC3CC4)cc(Cl)cc21. The number of nitrogens with one attached hydrogen (secondary N) is 1. The van der Waals surface area contributed by atoms with Gasteiger partial charge in [0.2, 0.25) is 0 Å². The van der Waals surface area contributed by atoms with E-state index in [1.165, 1.54) is 25.9 Å². The number of ether oxygens (including phenoxy) is 1. The minimum atomic E-state index is -0.0327. The molecule has 1 aromatic rings. The van der Waals surface area contributed by atoms with Crippen molar-refractivity contribution in [2.45, 2.75) is 51.0 Å². The number of benzene rings is 1. The first-order valence-electron chi connectivity index (χ1n) is 9.65. The first-order valence-corrected chi connectivity index (χ1v) is 10.0. The van der Waals surface area contributed by atoms with E-state index in [0.29, 0.717) is 29.0 Å². The summed E-state index contributed by atoms with van der Waals surface area (Å²) >= 11 is 6.35. The molecule has 1 N–H and O–H groups in total. The Bertz CT molecular complexity index is 655. The Kier molecular flexibility index (Phi) is 4.92. The predicted molar refractivity (Wildman–Crippen MR) is 99.6 cm³/mol. The number of nitrogens with zero attached hydrogens (tertiary/aromatic N) is 1. The largest absolute Gasteiger partial charge is 0.492 e. The Labute approximate surface area is 154 Å². The first-order chi connectivity index (χ1) is 12.2. The Morgan fingerprint density at radius 2 is 2.12 bits per heavy atom. The molecule has 0 radical (unpaired) electrons. The molecule has 2 atom stereocenters. The maximum absolute atomic E-state index is 13.0. The predicted octanol–water partition coefficient (Wildman–Crippen LogP) is 3.83. The van der Waals surface area contributed by atoms with Crippen LogP contribution in [0.2, 0.25) is 5.02 Å². The summed E-state index contributed by atoms with van der Waals surface area (Å²) in [7, 11) is 0. The van der Waals surface area contributed by atoms with E-state index in [9.17, 15) is 4.79 Å². The number of rotatable bonds is 4. The highest BCUT2D eigenvalue weighted by molar-refractivity contribution is 6.31. The van der Waals surface area contributed by atoms with E-state index in [4.69, 9.17) is 16.3 Å². The summed E-state index contributed by atoms with van der Waals surface area (Å²) in [5.74, 6) is 1.77. The maximum atomic E-state index is 13.0. The molecule has 1 aromatic carbocycles. The van der Waals surface area contributed by atoms with Crippen LogP contribution in [0.25, 0.3) is 0 Å². The highest BCUT2D eigenvalue weighted by atomic mass is 35.5. The van der Waals surface area contributed by atoms with Crippen LogP contribution >= 0.6 is 11.6 Å². The molecule has 3 saturated heterocycles. The lowest BCUT2D eigenvalue weighted by molar-refractivity contribution is 0.0618. The summed E-state index contributed by atoms with van der Waals surface area (Å²) in [6.45, 7) is 6.19. The lowest BCUT2D eigenvalue weighted by Crippen LogP contribution is -2.57. The number of carbonyl (C=O) groups excluding carboxylic acids is 1. The lowest BCUT2D eigenvalue weighted by atomic mass is 9.83. The van der Waals surface area contributed by atoms with Crippen LogP contribution in [0.1, 0.15) is 60.9 Å². The smallest absolute Gasteiger partial charge is 0.255 e. The van der Waals surface area contributed by atoms with Gasteiger partial charge in [0.05, 0.1) is 12.2 Å². The fraction of sp³-hybridized carbons (Fsp3) is 0.650. The van der Waals surface area contributed by atoms with Gasteiger partial charge in [0, 0.05) is 17.6 Å². The average molecular weight is 363 g/mol. The number of hydrogen-bond donors (Lipinski definition) is 1. The van der Waals surface area contributed by atoms with Gasteiger partial charge in [0.1, 0.15) is 5.75 Å². The molecule has 0 saturated carbocycles. The Morgan fingerprint density at radius 3 is 2.80 bits per heavy atom. The summed E-state index contributed by atoms with van der Waals surface area (Å²) in [6.07, 6.45) is 5.61. The van der Waals surface area contributed by atoms with Crippen LogP contribution in [-0.4, -0.2) is 43.1 Å². The van der Waals surface area contributed by atoms with Crippen molar-refractivity contribution < 1.29 is 9.53 Å². The summed E-state index contributed by atoms with van der Waals surface area (Å²) in [4.78, 5) is 15.5. The number of amides is 1. The first kappa shape index (κ1) is 17.2. The molecule has 1 amide bonds. The van der Waals surface area contributed by atoms with Gasteiger partial charge in [0.15, 0.2) is 0 Å². The number of piperidine rings is 3. The van der Waals surface area contributed by atoms with Crippen molar-refractivity contribution in [3.8, 4) is 5.75 Å². The second-order valence-corrected chi connectivity index (χ2v) is 8.15. The van der Waals surface area contributed by atoms with E-state index < -0.39 is 0 Å². The van der Waals surface area contributed by atoms with Crippen LogP contribution in [0.5, 0.6) is 5.75 Å². The molecular weight excluding hydrogens is 336 g/mol. The van der Waals surface area contributed by atoms with Gasteiger partial charge < -0.3 is 15.0 Å². The highest BCUT2D eigenvalue weighted by Gasteiger charge is 2.36. The van der Waals surface area contributed by atoms with Crippen LogP contribution in [0.4, 0.5) is 0 Å². The van der Waals surface area contributed by atoms with E-state index in [1.807, 2.05) is 6.07 Å². The van der Waals surface area contributed by atoms with Crippen molar-refractivity contribution in [2.24, 2.45) is 5.92 Å². The molecule has 2 bridgehead atoms. The number of carbonyl (C=O) groups is 1. The molecular formula is C20H27ClN2O2. The van der Waals surface area contributed by atoms with Gasteiger partial charge in [-0.15, -0.1) is 0 Å². The summed E-state index contributed by atoms with van der Waals surface area (Å²) in [6, 6.07) is 4.01. The van der Waals surface area contributed by atoms with Crippen molar-refractivity contribution in [3.63, 3.8) is 0 Å². The fourth-order valence-corrected chi connectivity index (χ4v) is 4.96. The fourth-order valence-electron chi connectivity index (χ4n) is 4.73. The van der Waals surface area contributed by atoms with Gasteiger partial charge in [-0.3, -0.25) is 4.79 Å². The van der Waals surface area contributed by atoms with Crippen LogP contribution in [-0.2, 0) is 0 Å². The number of fused-ring (bicyclic) bond motifs is 4. The molecule has 5 rings (SSSR count). The second kappa shape index (κ2) is 7.16. The standard InChI is InChI=1S/C20H27ClN2O2/c1-2-3-13-6-9-25-19-16(13)10-15(21)11-17(19)20(24)22-18-12-23-7-4-14(18)5-8-23/h10-11,13-14,18H,2-9,12H2,1H3,(H,22,24). The Morgan fingerprint density at radius 1 is 1.32 bits per heavy atom. The zero-order chi connectivity index (χ0) is 17.4. The Hall–Kier alpha value is -1.26. The lowest BCUT2D eigenvalue weighted by Gasteiger charge is -2.45. The average Bonchev–Trinajstić information content (AvgIpc) is 2.63. The molecule has 4 heterocycles. The molecule has 4 aliphatic heterocycles. The van der Waals surface area contributed by atoms with Crippen LogP contribution in [0.15, 0.2) is 12.1 Å². The van der Waals surface area contributed by atoms with Crippen molar-refractivity contribution in [1.29, 1.82) is 0 Å². The molecule has 136 valence electrons. The van der Waals surface area contributed by atoms with Gasteiger partial charge >= 0.3 is 0 Å². The topological polar surface area (TPSA) is 41.6 Å². The highest BCUT2D eigenvalue weighted by Crippen LogP contribution is 2.41. The van der Waals surface area contributed by atoms with Crippen molar-refractivity contribution >= 4 is 17.5 Å². The minimum Gasteiger partial charge on any atom is -0.492 e. The molecule has 0 aromatic heterocycles. The van der Waals surface area contributed by atoms with Crippen LogP contribution < -0.4 is 10.1 Å². The number of halogens is 1. The van der Waals surface area contributed by atoms with E-state index in [2.05, 4.69) is 17.1 Å². The molecule has 3 fully saturated rings. The zero-order valence-electron chi connectivity index (χ0n) is 14.9. The normalized spacial score (nSPS) is 30.5. The van der Waals surface area contributed by atoms with Crippen LogP contribution in [0, 0.1) is 5.92 Å². The molecule has 25 heavy (non-hydrogen) atoms. The third-order valence-corrected chi connectivity index (χ3v) is 6.31. The van der Waals surface area contributed by atoms with E-state index in [1.54, 1.807) is 6.07 Å². The maximum Gasteiger partial charge on any atom is 0.255 e. The minimum absolute atomic E-state index is 0.0327. The molecule has 4 nitrogen and oxygen atoms in total. The van der Waals surface area contributed by atoms with Gasteiger partial charge in [-0.2, -0.15) is 0 Å². The van der Waals surface area contributed by atoms with E-state index in [-0.39, 0.29) is 11.9 Å². The monoisotopic (exact) mass is 362 g/mol. The third kappa shape index (κ3) is 3.39. The van der Waals surface area contributed by atoms with Crippen molar-refractivity contribution in [2.75, 3.05) is 26.2 Å². The molecule has 0 aliphatic carbocycles. The molecule has 5 heteroatoms. The van der Waals surface area contributed by atoms with Crippen molar-refractivity contribution in [3.05, 3.63) is 28.3 Å². The number of hydrogen-bond acceptors (Lipinski definition) is 3. The van der Waals surface area contributed by atoms with E-state index >= 15 is 0 Å². The van der Waals surface area contributed by atoms with Crippen molar-refractivity contribution in [1.82, 2.24) is 10.2 Å². The molecule has 4 aliphatic rings. The van der Waals surface area contributed by atoms with Gasteiger partial charge in [0.25, 0.3) is 5.91 Å². The summed E-state index contributed by atoms with van der Waals surface area (Å²) in [5.41, 5.74) is 1.72. The Balaban J connectivity index is 1.58. The summed E-state index contributed by atoms with van der Waals surface area (Å²) < 4.78 is 5.93. The van der Waals surface area contributed by atoms with Gasteiger partial charge in [-0.25, -0.2) is 0 Å². The van der Waals surface area contributed by atoms with E-state index in [0.717, 1.165) is 37.1 Å². The van der Waals surface area contributed by atoms with Gasteiger partial charge in [-0.1, -0.05) is 24.9 Å². The quantitative estimate of drug-likeness (QED) is 0.885. The second-order valence-electron chi connectivity index (χ2n) is 7.71. The zero-order valence-corrected chi connectivity index (χ0v) is 15.6.